The molecule has 2 aliphatic heterocycles. The first kappa shape index (κ1) is 18.7. The topological polar surface area (TPSA) is 76.6 Å². The van der Waals surface area contributed by atoms with Crippen molar-refractivity contribution >= 4 is 23.5 Å². The Labute approximate surface area is 176 Å². The molecule has 0 radical (unpaired) electrons. The minimum atomic E-state index is -0.0306. The van der Waals surface area contributed by atoms with Crippen LogP contribution in [0.15, 0.2) is 48.4 Å². The quantitative estimate of drug-likeness (QED) is 0.770. The van der Waals surface area contributed by atoms with Crippen LogP contribution in [-0.4, -0.2) is 53.7 Å². The largest absolute Gasteiger partial charge is 0.368 e. The molecule has 2 aromatic rings. The molecular weight excluding hydrogens is 378 g/mol. The first-order valence-electron chi connectivity index (χ1n) is 10.5. The van der Waals surface area contributed by atoms with E-state index in [0.717, 1.165) is 18.3 Å². The Morgan fingerprint density at radius 1 is 1.23 bits per heavy atom. The van der Waals surface area contributed by atoms with Crippen LogP contribution in [0.1, 0.15) is 31.2 Å². The number of urea groups is 1. The van der Waals surface area contributed by atoms with E-state index in [0.29, 0.717) is 24.9 Å². The molecule has 2 fully saturated rings. The van der Waals surface area contributed by atoms with Crippen molar-refractivity contribution in [1.29, 1.82) is 0 Å². The maximum Gasteiger partial charge on any atom is 0.325 e. The van der Waals surface area contributed by atoms with Crippen LogP contribution in [-0.2, 0) is 0 Å². The maximum absolute atomic E-state index is 12.2. The average Bonchev–Trinajstić information content (AvgIpc) is 3.40. The summed E-state index contributed by atoms with van der Waals surface area (Å²) in [5.41, 5.74) is 3.73. The Morgan fingerprint density at radius 3 is 2.87 bits per heavy atom. The Morgan fingerprint density at radius 2 is 2.10 bits per heavy atom. The van der Waals surface area contributed by atoms with Crippen molar-refractivity contribution < 1.29 is 4.79 Å². The Balaban J connectivity index is 1.27. The number of nitrogens with one attached hydrogen (secondary N) is 2. The highest BCUT2D eigenvalue weighted by atomic mass is 16.2. The number of likely N-dealkylation sites (N-methyl/N-ethyl adjacent to an activating group) is 1. The second kappa shape index (κ2) is 7.51. The fraction of sp³-hybridized carbons (Fsp3) is 0.409. The van der Waals surface area contributed by atoms with Gasteiger partial charge in [0.2, 0.25) is 5.95 Å². The molecule has 1 aliphatic carbocycles. The van der Waals surface area contributed by atoms with E-state index in [-0.39, 0.29) is 12.1 Å². The SMILES string of the molecule is CC(Nc1nccc(N2CCN(C)C2=O)n1)C1=CN(c2cccc(C3CC3)c2)CN1. The van der Waals surface area contributed by atoms with Gasteiger partial charge in [-0.1, -0.05) is 12.1 Å². The number of rotatable bonds is 6. The number of carbonyl (C=O) groups is 1. The zero-order chi connectivity index (χ0) is 20.7. The van der Waals surface area contributed by atoms with Crippen LogP contribution < -0.4 is 20.4 Å². The van der Waals surface area contributed by atoms with Crippen molar-refractivity contribution in [3.63, 3.8) is 0 Å². The van der Waals surface area contributed by atoms with Gasteiger partial charge in [0, 0.05) is 38.2 Å². The lowest BCUT2D eigenvalue weighted by molar-refractivity contribution is 0.229. The molecule has 0 spiro atoms. The second-order valence-electron chi connectivity index (χ2n) is 8.22. The summed E-state index contributed by atoms with van der Waals surface area (Å²) in [6.45, 7) is 4.16. The number of anilines is 3. The molecule has 3 heterocycles. The number of amides is 2. The predicted octanol–water partition coefficient (Wildman–Crippen LogP) is 2.93. The Hall–Kier alpha value is -3.29. The molecule has 1 saturated heterocycles. The number of nitrogens with zero attached hydrogens (tertiary/aromatic N) is 5. The number of hydrogen-bond acceptors (Lipinski definition) is 6. The standard InChI is InChI=1S/C22H27N7O/c1-15(25-21-23-9-8-20(26-21)29-11-10-27(2)22(29)30)19-13-28(14-24-19)18-5-3-4-17(12-18)16-6-7-16/h3-5,8-9,12-13,15-16,24H,6-7,10-11,14H2,1-2H3,(H,23,25,26). The molecule has 1 saturated carbocycles. The third kappa shape index (κ3) is 3.65. The zero-order valence-corrected chi connectivity index (χ0v) is 17.4. The Bertz CT molecular complexity index is 987. The van der Waals surface area contributed by atoms with Gasteiger partial charge < -0.3 is 20.4 Å². The van der Waals surface area contributed by atoms with E-state index in [2.05, 4.69) is 62.9 Å². The smallest absolute Gasteiger partial charge is 0.325 e. The number of aromatic nitrogens is 2. The highest BCUT2D eigenvalue weighted by molar-refractivity contribution is 5.93. The third-order valence-electron chi connectivity index (χ3n) is 5.95. The highest BCUT2D eigenvalue weighted by Crippen LogP contribution is 2.41. The van der Waals surface area contributed by atoms with Gasteiger partial charge in [-0.25, -0.2) is 9.78 Å². The second-order valence-corrected chi connectivity index (χ2v) is 8.22. The minimum absolute atomic E-state index is 0.00816. The van der Waals surface area contributed by atoms with E-state index in [1.165, 1.54) is 24.1 Å². The van der Waals surface area contributed by atoms with Crippen molar-refractivity contribution in [2.75, 3.05) is 41.9 Å². The summed E-state index contributed by atoms with van der Waals surface area (Å²) in [7, 11) is 1.80. The van der Waals surface area contributed by atoms with E-state index < -0.39 is 0 Å². The summed E-state index contributed by atoms with van der Waals surface area (Å²) in [5, 5.41) is 6.82. The number of hydrogen-bond donors (Lipinski definition) is 2. The lowest BCUT2D eigenvalue weighted by Gasteiger charge is -2.18. The van der Waals surface area contributed by atoms with Crippen LogP contribution in [0.5, 0.6) is 0 Å². The van der Waals surface area contributed by atoms with Crippen LogP contribution in [0, 0.1) is 0 Å². The van der Waals surface area contributed by atoms with E-state index in [4.69, 9.17) is 0 Å². The van der Waals surface area contributed by atoms with Crippen LogP contribution in [0.2, 0.25) is 0 Å². The molecule has 156 valence electrons. The van der Waals surface area contributed by atoms with Gasteiger partial charge in [-0.2, -0.15) is 4.98 Å². The Kier molecular flexibility index (Phi) is 4.69. The molecule has 1 aromatic carbocycles. The maximum atomic E-state index is 12.2. The zero-order valence-electron chi connectivity index (χ0n) is 17.4. The van der Waals surface area contributed by atoms with Gasteiger partial charge in [-0.05, 0) is 49.4 Å². The van der Waals surface area contributed by atoms with Crippen LogP contribution in [0.25, 0.3) is 0 Å². The predicted molar refractivity (Wildman–Crippen MR) is 117 cm³/mol. The van der Waals surface area contributed by atoms with E-state index in [1.807, 2.05) is 0 Å². The van der Waals surface area contributed by atoms with Gasteiger partial charge in [0.15, 0.2) is 0 Å². The molecule has 1 aromatic heterocycles. The molecule has 2 N–H and O–H groups in total. The monoisotopic (exact) mass is 405 g/mol. The van der Waals surface area contributed by atoms with Gasteiger partial charge in [-0.3, -0.25) is 4.90 Å². The summed E-state index contributed by atoms with van der Waals surface area (Å²) >= 11 is 0. The molecule has 1 atom stereocenters. The molecule has 2 amide bonds. The minimum Gasteiger partial charge on any atom is -0.368 e. The summed E-state index contributed by atoms with van der Waals surface area (Å²) in [5.74, 6) is 1.89. The number of benzene rings is 1. The fourth-order valence-electron chi connectivity index (χ4n) is 3.94. The first-order chi connectivity index (χ1) is 14.6. The third-order valence-corrected chi connectivity index (χ3v) is 5.95. The van der Waals surface area contributed by atoms with Crippen molar-refractivity contribution in [3.8, 4) is 0 Å². The molecule has 30 heavy (non-hydrogen) atoms. The van der Waals surface area contributed by atoms with Gasteiger partial charge >= 0.3 is 6.03 Å². The molecule has 8 heteroatoms. The molecule has 1 unspecified atom stereocenters. The van der Waals surface area contributed by atoms with Crippen molar-refractivity contribution in [3.05, 3.63) is 54.0 Å². The highest BCUT2D eigenvalue weighted by Gasteiger charge is 2.28. The van der Waals surface area contributed by atoms with Gasteiger partial charge in [-0.15, -0.1) is 0 Å². The summed E-state index contributed by atoms with van der Waals surface area (Å²) < 4.78 is 0. The average molecular weight is 406 g/mol. The van der Waals surface area contributed by atoms with Crippen LogP contribution >= 0.6 is 0 Å². The first-order valence-corrected chi connectivity index (χ1v) is 10.5. The van der Waals surface area contributed by atoms with Crippen LogP contribution in [0.3, 0.4) is 0 Å². The molecule has 0 bridgehead atoms. The van der Waals surface area contributed by atoms with Crippen molar-refractivity contribution in [2.45, 2.75) is 31.7 Å². The van der Waals surface area contributed by atoms with Gasteiger partial charge in [0.25, 0.3) is 0 Å². The van der Waals surface area contributed by atoms with Gasteiger partial charge in [0.1, 0.15) is 5.82 Å². The van der Waals surface area contributed by atoms with E-state index in [1.54, 1.807) is 29.1 Å². The summed E-state index contributed by atoms with van der Waals surface area (Å²) in [6.07, 6.45) is 6.45. The van der Waals surface area contributed by atoms with Crippen LogP contribution in [0.4, 0.5) is 22.2 Å². The lowest BCUT2D eigenvalue weighted by atomic mass is 10.1. The van der Waals surface area contributed by atoms with Gasteiger partial charge in [0.05, 0.1) is 18.4 Å². The summed E-state index contributed by atoms with van der Waals surface area (Å²) in [4.78, 5) is 26.7. The van der Waals surface area contributed by atoms with E-state index >= 15 is 0 Å². The molecule has 5 rings (SSSR count). The lowest BCUT2D eigenvalue weighted by Crippen LogP contribution is -2.30. The van der Waals surface area contributed by atoms with E-state index in [9.17, 15) is 4.79 Å². The normalized spacial score (nSPS) is 19.7. The molecule has 8 nitrogen and oxygen atoms in total. The van der Waals surface area contributed by atoms with Crippen molar-refractivity contribution in [1.82, 2.24) is 20.2 Å². The molecular formula is C22H27N7O. The molecule has 3 aliphatic rings. The number of carbonyl (C=O) groups excluding carboxylic acids is 1. The fourth-order valence-corrected chi connectivity index (χ4v) is 3.94. The summed E-state index contributed by atoms with van der Waals surface area (Å²) in [6, 6.07) is 10.6. The van der Waals surface area contributed by atoms with Crippen molar-refractivity contribution in [2.24, 2.45) is 0 Å².